The topological polar surface area (TPSA) is 104 Å². The van der Waals surface area contributed by atoms with E-state index in [0.717, 1.165) is 6.07 Å². The second-order valence-electron chi connectivity index (χ2n) is 5.90. The summed E-state index contributed by atoms with van der Waals surface area (Å²) in [5.74, 6) is -0.522. The average Bonchev–Trinajstić information content (AvgIpc) is 2.75. The van der Waals surface area contributed by atoms with Crippen LogP contribution in [0.15, 0.2) is 63.8 Å². The van der Waals surface area contributed by atoms with Gasteiger partial charge < -0.3 is 23.9 Å². The van der Waals surface area contributed by atoms with Crippen LogP contribution < -0.4 is 20.2 Å². The van der Waals surface area contributed by atoms with Gasteiger partial charge in [-0.1, -0.05) is 24.3 Å². The van der Waals surface area contributed by atoms with Gasteiger partial charge in [-0.3, -0.25) is 9.59 Å². The highest BCUT2D eigenvalue weighted by molar-refractivity contribution is 5.90. The molecular weight excluding hydrogens is 378 g/mol. The standard InChI is InChI=1S/C21H19NO7/c1-26-17-8-4-5-9-18(17)27-11-10-22-20(24)13-28-21(25)19-12-15(23)14-6-2-3-7-16(14)29-19/h2-9,12H,10-11,13H2,1H3,(H,22,24). The number of carbonyl (C=O) groups is 2. The van der Waals surface area contributed by atoms with Crippen molar-refractivity contribution in [1.82, 2.24) is 5.32 Å². The van der Waals surface area contributed by atoms with Crippen molar-refractivity contribution < 1.29 is 28.2 Å². The van der Waals surface area contributed by atoms with Crippen LogP contribution in [0.3, 0.4) is 0 Å². The summed E-state index contributed by atoms with van der Waals surface area (Å²) >= 11 is 0. The second kappa shape index (κ2) is 9.41. The highest BCUT2D eigenvalue weighted by atomic mass is 16.5. The molecule has 1 N–H and O–H groups in total. The lowest BCUT2D eigenvalue weighted by Gasteiger charge is -2.11. The van der Waals surface area contributed by atoms with E-state index >= 15 is 0 Å². The predicted molar refractivity (Wildman–Crippen MR) is 104 cm³/mol. The van der Waals surface area contributed by atoms with Gasteiger partial charge in [0.25, 0.3) is 5.91 Å². The Morgan fingerprint density at radius 3 is 2.55 bits per heavy atom. The molecule has 0 bridgehead atoms. The van der Waals surface area contributed by atoms with Crippen LogP contribution in [0.1, 0.15) is 10.6 Å². The minimum Gasteiger partial charge on any atom is -0.493 e. The van der Waals surface area contributed by atoms with E-state index in [1.165, 1.54) is 7.11 Å². The largest absolute Gasteiger partial charge is 0.493 e. The summed E-state index contributed by atoms with van der Waals surface area (Å²) in [6.07, 6.45) is 0. The number of methoxy groups -OCH3 is 1. The number of esters is 1. The average molecular weight is 397 g/mol. The van der Waals surface area contributed by atoms with Gasteiger partial charge in [-0.25, -0.2) is 4.79 Å². The molecule has 3 rings (SSSR count). The molecule has 1 amide bonds. The van der Waals surface area contributed by atoms with Crippen LogP contribution in [0.2, 0.25) is 0 Å². The van der Waals surface area contributed by atoms with Gasteiger partial charge >= 0.3 is 5.97 Å². The minimum absolute atomic E-state index is 0.208. The number of carbonyl (C=O) groups excluding carboxylic acids is 2. The predicted octanol–water partition coefficient (Wildman–Crippen LogP) is 2.15. The summed E-state index contributed by atoms with van der Waals surface area (Å²) in [7, 11) is 1.54. The molecule has 3 aromatic rings. The van der Waals surface area contributed by atoms with Crippen LogP contribution in [0.5, 0.6) is 11.5 Å². The van der Waals surface area contributed by atoms with E-state index in [4.69, 9.17) is 18.6 Å². The SMILES string of the molecule is COc1ccccc1OCCNC(=O)COC(=O)c1cc(=O)c2ccccc2o1. The maximum Gasteiger partial charge on any atom is 0.374 e. The lowest BCUT2D eigenvalue weighted by Crippen LogP contribution is -2.32. The number of rotatable bonds is 8. The quantitative estimate of drug-likeness (QED) is 0.459. The highest BCUT2D eigenvalue weighted by Crippen LogP contribution is 2.25. The van der Waals surface area contributed by atoms with Gasteiger partial charge in [-0.15, -0.1) is 0 Å². The molecule has 0 radical (unpaired) electrons. The minimum atomic E-state index is -0.895. The third-order valence-corrected chi connectivity index (χ3v) is 3.92. The number of fused-ring (bicyclic) bond motifs is 1. The smallest absolute Gasteiger partial charge is 0.374 e. The van der Waals surface area contributed by atoms with Crippen molar-refractivity contribution in [3.8, 4) is 11.5 Å². The van der Waals surface area contributed by atoms with Crippen LogP contribution in [0.4, 0.5) is 0 Å². The van der Waals surface area contributed by atoms with E-state index in [1.54, 1.807) is 42.5 Å². The first kappa shape index (κ1) is 19.9. The van der Waals surface area contributed by atoms with Crippen molar-refractivity contribution in [2.75, 3.05) is 26.9 Å². The fraction of sp³-hybridized carbons (Fsp3) is 0.190. The number of para-hydroxylation sites is 3. The molecule has 1 aromatic heterocycles. The number of hydrogen-bond donors (Lipinski definition) is 1. The molecule has 0 saturated heterocycles. The normalized spacial score (nSPS) is 10.4. The molecule has 29 heavy (non-hydrogen) atoms. The Hall–Kier alpha value is -3.81. The number of ether oxygens (including phenoxy) is 3. The van der Waals surface area contributed by atoms with Crippen molar-refractivity contribution in [2.24, 2.45) is 0 Å². The van der Waals surface area contributed by atoms with E-state index in [0.29, 0.717) is 16.9 Å². The lowest BCUT2D eigenvalue weighted by molar-refractivity contribution is -0.124. The molecule has 0 fully saturated rings. The molecule has 8 heteroatoms. The number of hydrogen-bond acceptors (Lipinski definition) is 7. The molecule has 0 unspecified atom stereocenters. The highest BCUT2D eigenvalue weighted by Gasteiger charge is 2.15. The van der Waals surface area contributed by atoms with Gasteiger partial charge in [0, 0.05) is 6.07 Å². The van der Waals surface area contributed by atoms with Gasteiger partial charge in [-0.05, 0) is 24.3 Å². The zero-order valence-electron chi connectivity index (χ0n) is 15.7. The first-order valence-electron chi connectivity index (χ1n) is 8.81. The van der Waals surface area contributed by atoms with Crippen LogP contribution in [-0.2, 0) is 9.53 Å². The summed E-state index contributed by atoms with van der Waals surface area (Å²) in [6.45, 7) is -0.0941. The lowest BCUT2D eigenvalue weighted by atomic mass is 10.2. The molecule has 0 spiro atoms. The van der Waals surface area contributed by atoms with Gasteiger partial charge in [-0.2, -0.15) is 0 Å². The maximum atomic E-state index is 12.1. The fourth-order valence-electron chi connectivity index (χ4n) is 2.55. The Balaban J connectivity index is 1.46. The summed E-state index contributed by atoms with van der Waals surface area (Å²) in [4.78, 5) is 35.9. The molecule has 1 heterocycles. The molecule has 0 aliphatic heterocycles. The van der Waals surface area contributed by atoms with Crippen molar-refractivity contribution in [3.05, 3.63) is 70.6 Å². The summed E-state index contributed by atoms with van der Waals surface area (Å²) < 4.78 is 21.0. The Labute approximate surface area is 166 Å². The number of benzene rings is 2. The van der Waals surface area contributed by atoms with Crippen LogP contribution >= 0.6 is 0 Å². The molecular formula is C21H19NO7. The Kier molecular flexibility index (Phi) is 6.47. The molecule has 8 nitrogen and oxygen atoms in total. The zero-order chi connectivity index (χ0) is 20.6. The Bertz CT molecular complexity index is 1070. The Morgan fingerprint density at radius 2 is 1.76 bits per heavy atom. The zero-order valence-corrected chi connectivity index (χ0v) is 15.7. The van der Waals surface area contributed by atoms with E-state index in [1.807, 2.05) is 6.07 Å². The first-order chi connectivity index (χ1) is 14.1. The van der Waals surface area contributed by atoms with Crippen LogP contribution in [0.25, 0.3) is 11.0 Å². The van der Waals surface area contributed by atoms with Crippen molar-refractivity contribution in [3.63, 3.8) is 0 Å². The first-order valence-corrected chi connectivity index (χ1v) is 8.81. The molecule has 150 valence electrons. The van der Waals surface area contributed by atoms with Gasteiger partial charge in [0.15, 0.2) is 23.5 Å². The third kappa shape index (κ3) is 5.13. The molecule has 2 aromatic carbocycles. The summed E-state index contributed by atoms with van der Waals surface area (Å²) in [6, 6.07) is 14.7. The van der Waals surface area contributed by atoms with Crippen LogP contribution in [-0.4, -0.2) is 38.7 Å². The molecule has 0 atom stereocenters. The van der Waals surface area contributed by atoms with E-state index in [2.05, 4.69) is 5.32 Å². The molecule has 0 aliphatic carbocycles. The van der Waals surface area contributed by atoms with Crippen molar-refractivity contribution >= 4 is 22.8 Å². The third-order valence-electron chi connectivity index (χ3n) is 3.92. The fourth-order valence-corrected chi connectivity index (χ4v) is 2.55. The Morgan fingerprint density at radius 1 is 1.03 bits per heavy atom. The van der Waals surface area contributed by atoms with Gasteiger partial charge in [0.2, 0.25) is 5.76 Å². The van der Waals surface area contributed by atoms with Gasteiger partial charge in [0.1, 0.15) is 12.2 Å². The van der Waals surface area contributed by atoms with E-state index < -0.39 is 18.5 Å². The van der Waals surface area contributed by atoms with Crippen molar-refractivity contribution in [1.29, 1.82) is 0 Å². The summed E-state index contributed by atoms with van der Waals surface area (Å²) in [5.41, 5.74) is -0.0957. The maximum absolute atomic E-state index is 12.1. The van der Waals surface area contributed by atoms with Crippen molar-refractivity contribution in [2.45, 2.75) is 0 Å². The number of amides is 1. The molecule has 0 saturated carbocycles. The van der Waals surface area contributed by atoms with E-state index in [-0.39, 0.29) is 29.9 Å². The molecule has 0 aliphatic rings. The van der Waals surface area contributed by atoms with E-state index in [9.17, 15) is 14.4 Å². The monoisotopic (exact) mass is 397 g/mol. The second-order valence-corrected chi connectivity index (χ2v) is 5.90. The summed E-state index contributed by atoms with van der Waals surface area (Å²) in [5, 5.41) is 2.92. The number of nitrogens with one attached hydrogen (secondary N) is 1. The van der Waals surface area contributed by atoms with Gasteiger partial charge in [0.05, 0.1) is 19.0 Å². The van der Waals surface area contributed by atoms with Crippen LogP contribution in [0, 0.1) is 0 Å².